The normalized spacial score (nSPS) is 14.8. The van der Waals surface area contributed by atoms with Gasteiger partial charge < -0.3 is 15.2 Å². The van der Waals surface area contributed by atoms with E-state index >= 15 is 0 Å². The van der Waals surface area contributed by atoms with Gasteiger partial charge in [0.25, 0.3) is 5.91 Å². The molecule has 3 aromatic rings. The molecule has 146 valence electrons. The monoisotopic (exact) mass is 377 g/mol. The number of benzene rings is 1. The molecule has 0 radical (unpaired) electrons. The number of H-pyrrole nitrogens is 1. The summed E-state index contributed by atoms with van der Waals surface area (Å²) in [6, 6.07) is 9.98. The number of amides is 1. The summed E-state index contributed by atoms with van der Waals surface area (Å²) in [5.41, 5.74) is 3.61. The molecule has 1 amide bonds. The third-order valence-corrected chi connectivity index (χ3v) is 5.32. The van der Waals surface area contributed by atoms with Crippen molar-refractivity contribution in [2.45, 2.75) is 39.0 Å². The van der Waals surface area contributed by atoms with Crippen LogP contribution in [0.25, 0.3) is 10.9 Å². The lowest BCUT2D eigenvalue weighted by Gasteiger charge is -2.21. The number of carbonyl (C=O) groups excluding carboxylic acids is 1. The van der Waals surface area contributed by atoms with Gasteiger partial charge in [0.15, 0.2) is 0 Å². The molecule has 2 aromatic heterocycles. The fraction of sp³-hybridized carbons (Fsp3) is 0.409. The summed E-state index contributed by atoms with van der Waals surface area (Å²) in [6.07, 6.45) is 7.61. The minimum absolute atomic E-state index is 0.138. The van der Waals surface area contributed by atoms with E-state index in [1.807, 2.05) is 25.3 Å². The Balaban J connectivity index is 1.41. The minimum atomic E-state index is -0.138. The van der Waals surface area contributed by atoms with Crippen molar-refractivity contribution < 1.29 is 4.79 Å². The second kappa shape index (κ2) is 8.42. The summed E-state index contributed by atoms with van der Waals surface area (Å²) in [5.74, 6) is 0.546. The number of anilines is 1. The molecule has 0 bridgehead atoms. The van der Waals surface area contributed by atoms with Crippen molar-refractivity contribution in [2.24, 2.45) is 0 Å². The Morgan fingerprint density at radius 1 is 1.14 bits per heavy atom. The number of rotatable bonds is 5. The Labute approximate surface area is 165 Å². The largest absolute Gasteiger partial charge is 0.361 e. The van der Waals surface area contributed by atoms with E-state index in [1.54, 1.807) is 6.07 Å². The van der Waals surface area contributed by atoms with Crippen LogP contribution in [0.2, 0.25) is 0 Å². The highest BCUT2D eigenvalue weighted by molar-refractivity contribution is 5.92. The molecule has 1 aliphatic heterocycles. The van der Waals surface area contributed by atoms with Gasteiger partial charge in [-0.1, -0.05) is 31.0 Å². The predicted octanol–water partition coefficient (Wildman–Crippen LogP) is 3.62. The number of aromatic nitrogens is 3. The Bertz CT molecular complexity index is 956. The van der Waals surface area contributed by atoms with E-state index in [0.717, 1.165) is 43.6 Å². The zero-order chi connectivity index (χ0) is 19.3. The average Bonchev–Trinajstić information content (AvgIpc) is 2.92. The maximum Gasteiger partial charge on any atom is 0.270 e. The van der Waals surface area contributed by atoms with Crippen LogP contribution >= 0.6 is 0 Å². The number of para-hydroxylation sites is 1. The maximum atomic E-state index is 12.7. The highest BCUT2D eigenvalue weighted by atomic mass is 16.1. The molecule has 0 saturated carbocycles. The third-order valence-electron chi connectivity index (χ3n) is 5.32. The molecular weight excluding hydrogens is 350 g/mol. The number of hydrogen-bond donors (Lipinski definition) is 2. The standard InChI is InChI=1S/C22H27N5O/c1-16-14-20(26-22(25-16)27-12-6-2-3-7-13-27)21(28)23-11-10-17-15-24-19-9-5-4-8-18(17)19/h4-5,8-9,14-15,24H,2-3,6-7,10-13H2,1H3,(H,23,28). The molecule has 1 saturated heterocycles. The SMILES string of the molecule is Cc1cc(C(=O)NCCc2c[nH]c3ccccc23)nc(N2CCCCCC2)n1. The average molecular weight is 377 g/mol. The quantitative estimate of drug-likeness (QED) is 0.712. The van der Waals surface area contributed by atoms with Gasteiger partial charge in [-0.2, -0.15) is 0 Å². The Hall–Kier alpha value is -2.89. The van der Waals surface area contributed by atoms with E-state index in [9.17, 15) is 4.79 Å². The number of nitrogens with zero attached hydrogens (tertiary/aromatic N) is 3. The molecule has 4 rings (SSSR count). The fourth-order valence-corrected chi connectivity index (χ4v) is 3.82. The summed E-state index contributed by atoms with van der Waals surface area (Å²) >= 11 is 0. The minimum Gasteiger partial charge on any atom is -0.361 e. The molecule has 0 aliphatic carbocycles. The third kappa shape index (κ3) is 4.16. The number of nitrogens with one attached hydrogen (secondary N) is 2. The molecule has 1 aliphatic rings. The smallest absolute Gasteiger partial charge is 0.270 e. The molecule has 1 aromatic carbocycles. The van der Waals surface area contributed by atoms with Crippen LogP contribution in [0.4, 0.5) is 5.95 Å². The molecule has 2 N–H and O–H groups in total. The second-order valence-corrected chi connectivity index (χ2v) is 7.46. The second-order valence-electron chi connectivity index (χ2n) is 7.46. The van der Waals surface area contributed by atoms with Crippen molar-refractivity contribution in [1.82, 2.24) is 20.3 Å². The van der Waals surface area contributed by atoms with Crippen molar-refractivity contribution in [1.29, 1.82) is 0 Å². The van der Waals surface area contributed by atoms with Gasteiger partial charge in [0.1, 0.15) is 5.69 Å². The molecule has 28 heavy (non-hydrogen) atoms. The van der Waals surface area contributed by atoms with Crippen LogP contribution in [0.5, 0.6) is 0 Å². The van der Waals surface area contributed by atoms with E-state index < -0.39 is 0 Å². The predicted molar refractivity (Wildman–Crippen MR) is 112 cm³/mol. The van der Waals surface area contributed by atoms with Crippen LogP contribution in [0.3, 0.4) is 0 Å². The van der Waals surface area contributed by atoms with Gasteiger partial charge in [0.05, 0.1) is 0 Å². The lowest BCUT2D eigenvalue weighted by Crippen LogP contribution is -2.30. The fourth-order valence-electron chi connectivity index (χ4n) is 3.82. The van der Waals surface area contributed by atoms with Gasteiger partial charge in [-0.15, -0.1) is 0 Å². The summed E-state index contributed by atoms with van der Waals surface area (Å²) in [6.45, 7) is 4.42. The number of hydrogen-bond acceptors (Lipinski definition) is 4. The molecule has 6 heteroatoms. The van der Waals surface area contributed by atoms with Crippen molar-refractivity contribution in [3.8, 4) is 0 Å². The van der Waals surface area contributed by atoms with Gasteiger partial charge >= 0.3 is 0 Å². The molecule has 6 nitrogen and oxygen atoms in total. The number of carbonyl (C=O) groups is 1. The summed E-state index contributed by atoms with van der Waals surface area (Å²) in [5, 5.41) is 4.22. The lowest BCUT2D eigenvalue weighted by atomic mass is 10.1. The van der Waals surface area contributed by atoms with Crippen molar-refractivity contribution in [3.05, 3.63) is 53.5 Å². The first kappa shape index (κ1) is 18.5. The number of fused-ring (bicyclic) bond motifs is 1. The van der Waals surface area contributed by atoms with Gasteiger partial charge in [-0.05, 0) is 43.9 Å². The van der Waals surface area contributed by atoms with Crippen LogP contribution in [-0.2, 0) is 6.42 Å². The summed E-state index contributed by atoms with van der Waals surface area (Å²) in [7, 11) is 0. The van der Waals surface area contributed by atoms with E-state index in [0.29, 0.717) is 18.2 Å². The zero-order valence-electron chi connectivity index (χ0n) is 16.4. The highest BCUT2D eigenvalue weighted by Crippen LogP contribution is 2.18. The highest BCUT2D eigenvalue weighted by Gasteiger charge is 2.16. The molecule has 3 heterocycles. The van der Waals surface area contributed by atoms with Crippen LogP contribution in [0.1, 0.15) is 47.4 Å². The van der Waals surface area contributed by atoms with Gasteiger partial charge in [0, 0.05) is 42.4 Å². The van der Waals surface area contributed by atoms with E-state index in [1.165, 1.54) is 23.8 Å². The first-order chi connectivity index (χ1) is 13.7. The molecule has 1 fully saturated rings. The molecule has 0 atom stereocenters. The first-order valence-electron chi connectivity index (χ1n) is 10.1. The number of aromatic amines is 1. The summed E-state index contributed by atoms with van der Waals surface area (Å²) < 4.78 is 0. The maximum absolute atomic E-state index is 12.7. The topological polar surface area (TPSA) is 73.9 Å². The van der Waals surface area contributed by atoms with E-state index in [-0.39, 0.29) is 5.91 Å². The van der Waals surface area contributed by atoms with Crippen molar-refractivity contribution in [3.63, 3.8) is 0 Å². The number of aryl methyl sites for hydroxylation is 1. The van der Waals surface area contributed by atoms with Gasteiger partial charge in [0.2, 0.25) is 5.95 Å². The Morgan fingerprint density at radius 3 is 2.75 bits per heavy atom. The lowest BCUT2D eigenvalue weighted by molar-refractivity contribution is 0.0949. The van der Waals surface area contributed by atoms with E-state index in [2.05, 4.69) is 37.3 Å². The first-order valence-corrected chi connectivity index (χ1v) is 10.1. The molecule has 0 spiro atoms. The van der Waals surface area contributed by atoms with Crippen LogP contribution < -0.4 is 10.2 Å². The van der Waals surface area contributed by atoms with E-state index in [4.69, 9.17) is 0 Å². The van der Waals surface area contributed by atoms with Crippen LogP contribution in [0, 0.1) is 6.92 Å². The summed E-state index contributed by atoms with van der Waals surface area (Å²) in [4.78, 5) is 27.3. The van der Waals surface area contributed by atoms with Crippen molar-refractivity contribution >= 4 is 22.8 Å². The van der Waals surface area contributed by atoms with Crippen molar-refractivity contribution in [2.75, 3.05) is 24.5 Å². The van der Waals surface area contributed by atoms with Gasteiger partial charge in [-0.3, -0.25) is 4.79 Å². The Morgan fingerprint density at radius 2 is 1.93 bits per heavy atom. The molecular formula is C22H27N5O. The van der Waals surface area contributed by atoms with Crippen LogP contribution in [0.15, 0.2) is 36.5 Å². The zero-order valence-corrected chi connectivity index (χ0v) is 16.4. The Kier molecular flexibility index (Phi) is 5.55. The van der Waals surface area contributed by atoms with Crippen LogP contribution in [-0.4, -0.2) is 40.5 Å². The molecule has 0 unspecified atom stereocenters. The van der Waals surface area contributed by atoms with Gasteiger partial charge in [-0.25, -0.2) is 9.97 Å².